The van der Waals surface area contributed by atoms with E-state index in [0.29, 0.717) is 35.5 Å². The molecule has 2 bridgehead atoms. The van der Waals surface area contributed by atoms with Crippen LogP contribution in [0, 0.1) is 11.8 Å². The number of methoxy groups -OCH3 is 1. The summed E-state index contributed by atoms with van der Waals surface area (Å²) >= 11 is 0. The Kier molecular flexibility index (Phi) is 5.49. The van der Waals surface area contributed by atoms with Crippen molar-refractivity contribution < 1.29 is 19.0 Å². The van der Waals surface area contributed by atoms with Crippen molar-refractivity contribution in [2.24, 2.45) is 11.8 Å². The number of carbonyl (C=O) groups excluding carboxylic acids is 1. The van der Waals surface area contributed by atoms with Crippen LogP contribution in [0.4, 0.5) is 0 Å². The molecule has 1 aromatic carbocycles. The van der Waals surface area contributed by atoms with Crippen molar-refractivity contribution in [1.29, 1.82) is 0 Å². The van der Waals surface area contributed by atoms with Crippen LogP contribution in [-0.2, 0) is 4.74 Å². The van der Waals surface area contributed by atoms with Crippen molar-refractivity contribution in [2.45, 2.75) is 13.0 Å². The fourth-order valence-electron chi connectivity index (χ4n) is 4.12. The van der Waals surface area contributed by atoms with Crippen LogP contribution >= 0.6 is 0 Å². The standard InChI is InChI=1S/C19H28N2O4/c1-5-24-16-7-6-13(8-17(16)23-4)19(22)25-18-14-9-20(2)10-15(18)12-21(3)11-14/h6-8,14-15,18H,5,9-12H2,1-4H3. The molecule has 0 radical (unpaired) electrons. The summed E-state index contributed by atoms with van der Waals surface area (Å²) in [6.07, 6.45) is -0.0162. The van der Waals surface area contributed by atoms with Gasteiger partial charge in [-0.05, 0) is 39.2 Å². The first kappa shape index (κ1) is 18.0. The van der Waals surface area contributed by atoms with Crippen LogP contribution in [0.15, 0.2) is 18.2 Å². The molecule has 3 rings (SSSR count). The number of esters is 1. The molecule has 1 aromatic rings. The van der Waals surface area contributed by atoms with E-state index in [0.717, 1.165) is 26.2 Å². The zero-order chi connectivity index (χ0) is 18.0. The first-order valence-electron chi connectivity index (χ1n) is 8.90. The van der Waals surface area contributed by atoms with E-state index < -0.39 is 0 Å². The second-order valence-corrected chi connectivity index (χ2v) is 7.13. The molecule has 2 saturated heterocycles. The number of ether oxygens (including phenoxy) is 3. The minimum Gasteiger partial charge on any atom is -0.493 e. The highest BCUT2D eigenvalue weighted by atomic mass is 16.5. The highest BCUT2D eigenvalue weighted by molar-refractivity contribution is 5.90. The molecule has 6 nitrogen and oxygen atoms in total. The molecule has 0 aromatic heterocycles. The predicted octanol–water partition coefficient (Wildman–Crippen LogP) is 1.74. The molecular formula is C19H28N2O4. The van der Waals surface area contributed by atoms with Crippen LogP contribution in [0.3, 0.4) is 0 Å². The van der Waals surface area contributed by atoms with Crippen molar-refractivity contribution in [1.82, 2.24) is 9.80 Å². The third-order valence-corrected chi connectivity index (χ3v) is 5.06. The van der Waals surface area contributed by atoms with E-state index in [1.165, 1.54) is 0 Å². The summed E-state index contributed by atoms with van der Waals surface area (Å²) in [6.45, 7) is 6.32. The van der Waals surface area contributed by atoms with Crippen LogP contribution in [0.1, 0.15) is 17.3 Å². The van der Waals surface area contributed by atoms with Gasteiger partial charge in [-0.3, -0.25) is 0 Å². The summed E-state index contributed by atoms with van der Waals surface area (Å²) in [7, 11) is 5.85. The van der Waals surface area contributed by atoms with Gasteiger partial charge in [-0.1, -0.05) is 0 Å². The molecule has 2 heterocycles. The van der Waals surface area contributed by atoms with E-state index in [2.05, 4.69) is 23.9 Å². The number of rotatable bonds is 5. The lowest BCUT2D eigenvalue weighted by molar-refractivity contribution is -0.0792. The number of likely N-dealkylation sites (tertiary alicyclic amines) is 2. The Morgan fingerprint density at radius 3 is 2.20 bits per heavy atom. The average Bonchev–Trinajstić information content (AvgIpc) is 2.56. The molecule has 0 atom stereocenters. The molecule has 6 heteroatoms. The smallest absolute Gasteiger partial charge is 0.338 e. The first-order chi connectivity index (χ1) is 12.0. The Morgan fingerprint density at radius 1 is 1.08 bits per heavy atom. The summed E-state index contributed by atoms with van der Waals surface area (Å²) in [5.41, 5.74) is 0.505. The van der Waals surface area contributed by atoms with Crippen LogP contribution < -0.4 is 9.47 Å². The molecule has 0 saturated carbocycles. The van der Waals surface area contributed by atoms with Gasteiger partial charge in [0.2, 0.25) is 0 Å². The number of nitrogens with zero attached hydrogens (tertiary/aromatic N) is 2. The predicted molar refractivity (Wildman–Crippen MR) is 95.3 cm³/mol. The van der Waals surface area contributed by atoms with Crippen LogP contribution in [0.25, 0.3) is 0 Å². The molecule has 2 fully saturated rings. The lowest BCUT2D eigenvalue weighted by atomic mass is 9.82. The number of hydrogen-bond donors (Lipinski definition) is 0. The molecule has 2 aliphatic rings. The Balaban J connectivity index is 1.73. The highest BCUT2D eigenvalue weighted by Crippen LogP contribution is 2.32. The third-order valence-electron chi connectivity index (χ3n) is 5.06. The monoisotopic (exact) mass is 348 g/mol. The fourth-order valence-corrected chi connectivity index (χ4v) is 4.12. The van der Waals surface area contributed by atoms with E-state index in [1.807, 2.05) is 6.92 Å². The lowest BCUT2D eigenvalue weighted by Gasteiger charge is -2.48. The zero-order valence-corrected chi connectivity index (χ0v) is 15.5. The summed E-state index contributed by atoms with van der Waals surface area (Å²) in [4.78, 5) is 17.4. The number of carbonyl (C=O) groups is 1. The van der Waals surface area contributed by atoms with Gasteiger partial charge >= 0.3 is 5.97 Å². The van der Waals surface area contributed by atoms with Gasteiger partial charge in [0, 0.05) is 38.0 Å². The van der Waals surface area contributed by atoms with Crippen LogP contribution in [0.2, 0.25) is 0 Å². The minimum absolute atomic E-state index is 0.0162. The molecule has 138 valence electrons. The number of hydrogen-bond acceptors (Lipinski definition) is 6. The van der Waals surface area contributed by atoms with E-state index in [1.54, 1.807) is 25.3 Å². The van der Waals surface area contributed by atoms with Crippen molar-refractivity contribution in [3.63, 3.8) is 0 Å². The van der Waals surface area contributed by atoms with Crippen LogP contribution in [-0.4, -0.2) is 75.9 Å². The van der Waals surface area contributed by atoms with Gasteiger partial charge in [0.15, 0.2) is 11.5 Å². The summed E-state index contributed by atoms with van der Waals surface area (Å²) in [6, 6.07) is 5.21. The van der Waals surface area contributed by atoms with Gasteiger partial charge in [-0.25, -0.2) is 4.79 Å². The maximum absolute atomic E-state index is 12.7. The number of benzene rings is 1. The molecule has 25 heavy (non-hydrogen) atoms. The number of fused-ring (bicyclic) bond motifs is 2. The Hall–Kier alpha value is -1.79. The van der Waals surface area contributed by atoms with Crippen molar-refractivity contribution in [2.75, 3.05) is 54.0 Å². The Bertz CT molecular complexity index is 591. The summed E-state index contributed by atoms with van der Waals surface area (Å²) in [5.74, 6) is 1.63. The van der Waals surface area contributed by atoms with Crippen molar-refractivity contribution in [3.8, 4) is 11.5 Å². The number of piperidine rings is 2. The quantitative estimate of drug-likeness (QED) is 0.756. The SMILES string of the molecule is CCOc1ccc(C(=O)OC2C3CN(C)CC2CN(C)C3)cc1OC. The van der Waals surface area contributed by atoms with Crippen LogP contribution in [0.5, 0.6) is 11.5 Å². The average molecular weight is 348 g/mol. The maximum Gasteiger partial charge on any atom is 0.338 e. The second-order valence-electron chi connectivity index (χ2n) is 7.13. The second kappa shape index (κ2) is 7.62. The molecule has 0 aliphatic carbocycles. The van der Waals surface area contributed by atoms with Gasteiger partial charge in [-0.2, -0.15) is 0 Å². The third kappa shape index (κ3) is 3.90. The molecule has 0 N–H and O–H groups in total. The van der Waals surface area contributed by atoms with Gasteiger partial charge in [0.25, 0.3) is 0 Å². The normalized spacial score (nSPS) is 27.0. The highest BCUT2D eigenvalue weighted by Gasteiger charge is 2.42. The summed E-state index contributed by atoms with van der Waals surface area (Å²) in [5, 5.41) is 0. The van der Waals surface area contributed by atoms with E-state index in [9.17, 15) is 4.79 Å². The largest absolute Gasteiger partial charge is 0.493 e. The lowest BCUT2D eigenvalue weighted by Crippen LogP contribution is -2.59. The van der Waals surface area contributed by atoms with E-state index in [-0.39, 0.29) is 12.1 Å². The topological polar surface area (TPSA) is 51.2 Å². The van der Waals surface area contributed by atoms with Crippen molar-refractivity contribution in [3.05, 3.63) is 23.8 Å². The molecular weight excluding hydrogens is 320 g/mol. The van der Waals surface area contributed by atoms with Gasteiger partial charge in [0.1, 0.15) is 6.10 Å². The Labute approximate surface area is 149 Å². The van der Waals surface area contributed by atoms with Gasteiger partial charge in [0.05, 0.1) is 19.3 Å². The summed E-state index contributed by atoms with van der Waals surface area (Å²) < 4.78 is 16.8. The van der Waals surface area contributed by atoms with E-state index in [4.69, 9.17) is 14.2 Å². The fraction of sp³-hybridized carbons (Fsp3) is 0.632. The van der Waals surface area contributed by atoms with Crippen molar-refractivity contribution >= 4 is 5.97 Å². The Morgan fingerprint density at radius 2 is 1.68 bits per heavy atom. The maximum atomic E-state index is 12.7. The minimum atomic E-state index is -0.282. The van der Waals surface area contributed by atoms with E-state index >= 15 is 0 Å². The zero-order valence-electron chi connectivity index (χ0n) is 15.5. The molecule has 0 unspecified atom stereocenters. The molecule has 0 spiro atoms. The van der Waals surface area contributed by atoms with Gasteiger partial charge in [-0.15, -0.1) is 0 Å². The molecule has 2 aliphatic heterocycles. The first-order valence-corrected chi connectivity index (χ1v) is 8.90. The molecule has 0 amide bonds. The van der Waals surface area contributed by atoms with Gasteiger partial charge < -0.3 is 24.0 Å².